The predicted molar refractivity (Wildman–Crippen MR) is 78.0 cm³/mol. The van der Waals surface area contributed by atoms with Crippen LogP contribution in [0.3, 0.4) is 0 Å². The van der Waals surface area contributed by atoms with E-state index >= 15 is 0 Å². The van der Waals surface area contributed by atoms with E-state index in [0.717, 1.165) is 10.4 Å². The summed E-state index contributed by atoms with van der Waals surface area (Å²) in [7, 11) is 0. The maximum atomic E-state index is 11.3. The highest BCUT2D eigenvalue weighted by molar-refractivity contribution is 7.98. The van der Waals surface area contributed by atoms with Crippen LogP contribution in [0.5, 0.6) is 0 Å². The standard InChI is InChI=1S/C14H12O2S2/c1-17-11-6-4-10(5-7-11)9-12(14(15)16)13-3-2-8-18-13/h2-9H,1H3,(H,15,16)/b12-9-. The molecule has 2 nitrogen and oxygen atoms in total. The molecule has 1 aromatic heterocycles. The van der Waals surface area contributed by atoms with Crippen LogP contribution in [0.25, 0.3) is 11.6 Å². The first kappa shape index (κ1) is 12.9. The van der Waals surface area contributed by atoms with Gasteiger partial charge >= 0.3 is 5.97 Å². The van der Waals surface area contributed by atoms with E-state index in [1.54, 1.807) is 17.8 Å². The summed E-state index contributed by atoms with van der Waals surface area (Å²) in [5.41, 5.74) is 1.24. The molecule has 0 fully saturated rings. The summed E-state index contributed by atoms with van der Waals surface area (Å²) in [6.45, 7) is 0. The van der Waals surface area contributed by atoms with Crippen LogP contribution < -0.4 is 0 Å². The van der Waals surface area contributed by atoms with E-state index in [4.69, 9.17) is 0 Å². The van der Waals surface area contributed by atoms with Crippen molar-refractivity contribution in [3.05, 3.63) is 52.2 Å². The van der Waals surface area contributed by atoms with E-state index in [1.807, 2.05) is 48.0 Å². The zero-order valence-electron chi connectivity index (χ0n) is 9.79. The van der Waals surface area contributed by atoms with Gasteiger partial charge in [-0.15, -0.1) is 23.1 Å². The molecule has 0 radical (unpaired) electrons. The predicted octanol–water partition coefficient (Wildman–Crippen LogP) is 4.10. The number of hydrogen-bond donors (Lipinski definition) is 1. The van der Waals surface area contributed by atoms with Crippen molar-refractivity contribution in [3.8, 4) is 0 Å². The third kappa shape index (κ3) is 3.03. The second kappa shape index (κ2) is 5.89. The van der Waals surface area contributed by atoms with Crippen molar-refractivity contribution in [1.29, 1.82) is 0 Å². The van der Waals surface area contributed by atoms with Crippen LogP contribution in [0.2, 0.25) is 0 Å². The molecule has 2 aromatic rings. The second-order valence-corrected chi connectivity index (χ2v) is 5.44. The number of thiophene rings is 1. The third-order valence-electron chi connectivity index (χ3n) is 2.44. The number of carbonyl (C=O) groups is 1. The number of benzene rings is 1. The van der Waals surface area contributed by atoms with Gasteiger partial charge in [0.25, 0.3) is 0 Å². The number of aliphatic carboxylic acids is 1. The van der Waals surface area contributed by atoms with Gasteiger partial charge in [0.1, 0.15) is 0 Å². The van der Waals surface area contributed by atoms with Crippen molar-refractivity contribution in [3.63, 3.8) is 0 Å². The van der Waals surface area contributed by atoms with Crippen LogP contribution in [0, 0.1) is 0 Å². The SMILES string of the molecule is CSc1ccc(/C=C(\C(=O)O)c2cccs2)cc1. The highest BCUT2D eigenvalue weighted by atomic mass is 32.2. The average molecular weight is 276 g/mol. The molecule has 0 unspecified atom stereocenters. The molecule has 0 aliphatic heterocycles. The van der Waals surface area contributed by atoms with E-state index in [1.165, 1.54) is 16.2 Å². The van der Waals surface area contributed by atoms with Gasteiger partial charge in [-0.05, 0) is 41.5 Å². The summed E-state index contributed by atoms with van der Waals surface area (Å²) < 4.78 is 0. The van der Waals surface area contributed by atoms with Gasteiger partial charge in [-0.3, -0.25) is 0 Å². The molecule has 1 N–H and O–H groups in total. The number of hydrogen-bond acceptors (Lipinski definition) is 3. The second-order valence-electron chi connectivity index (χ2n) is 3.61. The minimum atomic E-state index is -0.897. The first-order valence-electron chi connectivity index (χ1n) is 5.33. The van der Waals surface area contributed by atoms with Crippen molar-refractivity contribution in [1.82, 2.24) is 0 Å². The average Bonchev–Trinajstić information content (AvgIpc) is 2.90. The van der Waals surface area contributed by atoms with Crippen molar-refractivity contribution in [2.75, 3.05) is 6.26 Å². The molecule has 4 heteroatoms. The molecule has 1 heterocycles. The Bertz CT molecular complexity index is 554. The van der Waals surface area contributed by atoms with Gasteiger partial charge in [0.15, 0.2) is 0 Å². The number of carboxylic acids is 1. The zero-order chi connectivity index (χ0) is 13.0. The lowest BCUT2D eigenvalue weighted by atomic mass is 10.1. The summed E-state index contributed by atoms with van der Waals surface area (Å²) >= 11 is 3.10. The number of thioether (sulfide) groups is 1. The molecule has 0 amide bonds. The Labute approximate surface area is 114 Å². The largest absolute Gasteiger partial charge is 0.478 e. The van der Waals surface area contributed by atoms with Gasteiger partial charge in [-0.1, -0.05) is 18.2 Å². The van der Waals surface area contributed by atoms with Gasteiger partial charge < -0.3 is 5.11 Å². The van der Waals surface area contributed by atoms with E-state index in [-0.39, 0.29) is 0 Å². The minimum Gasteiger partial charge on any atom is -0.478 e. The Hall–Kier alpha value is -1.52. The Kier molecular flexibility index (Phi) is 4.23. The van der Waals surface area contributed by atoms with Crippen LogP contribution in [-0.2, 0) is 4.79 Å². The molecule has 1 aromatic carbocycles. The highest BCUT2D eigenvalue weighted by Gasteiger charge is 2.11. The van der Waals surface area contributed by atoms with Gasteiger partial charge in [0.2, 0.25) is 0 Å². The molecule has 0 aliphatic carbocycles. The monoisotopic (exact) mass is 276 g/mol. The molecule has 2 rings (SSSR count). The van der Waals surface area contributed by atoms with E-state index < -0.39 is 5.97 Å². The summed E-state index contributed by atoms with van der Waals surface area (Å²) in [5, 5.41) is 11.1. The molecule has 0 saturated carbocycles. The van der Waals surface area contributed by atoms with Gasteiger partial charge in [-0.2, -0.15) is 0 Å². The summed E-state index contributed by atoms with van der Waals surface area (Å²) in [6, 6.07) is 11.5. The summed E-state index contributed by atoms with van der Waals surface area (Å²) in [5.74, 6) is -0.897. The first-order valence-corrected chi connectivity index (χ1v) is 7.44. The molecule has 92 valence electrons. The smallest absolute Gasteiger partial charge is 0.337 e. The van der Waals surface area contributed by atoms with Crippen LogP contribution >= 0.6 is 23.1 Å². The summed E-state index contributed by atoms with van der Waals surface area (Å²) in [6.07, 6.45) is 3.72. The normalized spacial score (nSPS) is 11.5. The lowest BCUT2D eigenvalue weighted by Gasteiger charge is -2.01. The lowest BCUT2D eigenvalue weighted by Crippen LogP contribution is -1.97. The quantitative estimate of drug-likeness (QED) is 0.675. The fraction of sp³-hybridized carbons (Fsp3) is 0.0714. The Morgan fingerprint density at radius 3 is 2.50 bits per heavy atom. The lowest BCUT2D eigenvalue weighted by molar-refractivity contribution is -0.130. The maximum Gasteiger partial charge on any atom is 0.337 e. The van der Waals surface area contributed by atoms with Crippen molar-refractivity contribution < 1.29 is 9.90 Å². The van der Waals surface area contributed by atoms with Crippen LogP contribution in [-0.4, -0.2) is 17.3 Å². The zero-order valence-corrected chi connectivity index (χ0v) is 11.4. The number of rotatable bonds is 4. The molecule has 0 saturated heterocycles. The maximum absolute atomic E-state index is 11.3. The molecule has 0 bridgehead atoms. The van der Waals surface area contributed by atoms with Crippen molar-refractivity contribution >= 4 is 40.7 Å². The minimum absolute atomic E-state index is 0.335. The molecule has 0 atom stereocenters. The number of carboxylic acid groups (broad SMARTS) is 1. The molecular formula is C14H12O2S2. The highest BCUT2D eigenvalue weighted by Crippen LogP contribution is 2.24. The van der Waals surface area contributed by atoms with E-state index in [2.05, 4.69) is 0 Å². The van der Waals surface area contributed by atoms with Crippen molar-refractivity contribution in [2.24, 2.45) is 0 Å². The third-order valence-corrected chi connectivity index (χ3v) is 4.09. The molecule has 18 heavy (non-hydrogen) atoms. The molecule has 0 spiro atoms. The van der Waals surface area contributed by atoms with Gasteiger partial charge in [0.05, 0.1) is 5.57 Å². The van der Waals surface area contributed by atoms with Crippen LogP contribution in [0.15, 0.2) is 46.7 Å². The Balaban J connectivity index is 2.36. The van der Waals surface area contributed by atoms with E-state index in [0.29, 0.717) is 5.57 Å². The Morgan fingerprint density at radius 1 is 1.28 bits per heavy atom. The van der Waals surface area contributed by atoms with Gasteiger partial charge in [0, 0.05) is 9.77 Å². The Morgan fingerprint density at radius 2 is 2.00 bits per heavy atom. The van der Waals surface area contributed by atoms with Crippen LogP contribution in [0.4, 0.5) is 0 Å². The fourth-order valence-corrected chi connectivity index (χ4v) is 2.68. The topological polar surface area (TPSA) is 37.3 Å². The molecule has 0 aliphatic rings. The van der Waals surface area contributed by atoms with Crippen LogP contribution in [0.1, 0.15) is 10.4 Å². The summed E-state index contributed by atoms with van der Waals surface area (Å²) in [4.78, 5) is 13.2. The fourth-order valence-electron chi connectivity index (χ4n) is 1.54. The molecular weight excluding hydrogens is 264 g/mol. The first-order chi connectivity index (χ1) is 8.70. The van der Waals surface area contributed by atoms with E-state index in [9.17, 15) is 9.90 Å². The van der Waals surface area contributed by atoms with Crippen molar-refractivity contribution in [2.45, 2.75) is 4.90 Å². The van der Waals surface area contributed by atoms with Gasteiger partial charge in [-0.25, -0.2) is 4.79 Å².